The number of aliphatic hydroxyl groups excluding tert-OH is 4. The summed E-state index contributed by atoms with van der Waals surface area (Å²) in [5.74, 6) is 0.272. The molecule has 1 fully saturated rings. The van der Waals surface area contributed by atoms with Gasteiger partial charge in [0.15, 0.2) is 0 Å². The van der Waals surface area contributed by atoms with Crippen molar-refractivity contribution in [3.8, 4) is 5.75 Å². The lowest BCUT2D eigenvalue weighted by Crippen LogP contribution is -2.60. The van der Waals surface area contributed by atoms with E-state index in [9.17, 15) is 15.3 Å². The van der Waals surface area contributed by atoms with Crippen LogP contribution in [0.15, 0.2) is 24.3 Å². The Hall–Kier alpha value is -0.890. The van der Waals surface area contributed by atoms with E-state index in [1.54, 1.807) is 24.3 Å². The highest BCUT2D eigenvalue weighted by atomic mass is 35.5. The lowest BCUT2D eigenvalue weighted by molar-refractivity contribution is -0.277. The first-order valence-electron chi connectivity index (χ1n) is 5.76. The van der Waals surface area contributed by atoms with E-state index in [4.69, 9.17) is 26.2 Å². The maximum Gasteiger partial charge on any atom is 0.229 e. The van der Waals surface area contributed by atoms with E-state index in [1.807, 2.05) is 0 Å². The van der Waals surface area contributed by atoms with Gasteiger partial charge in [0.1, 0.15) is 30.2 Å². The van der Waals surface area contributed by atoms with E-state index in [0.717, 1.165) is 0 Å². The third-order valence-electron chi connectivity index (χ3n) is 2.93. The Labute approximate surface area is 114 Å². The van der Waals surface area contributed by atoms with Crippen molar-refractivity contribution in [2.45, 2.75) is 30.7 Å². The first-order chi connectivity index (χ1) is 9.04. The van der Waals surface area contributed by atoms with Gasteiger partial charge in [-0.05, 0) is 12.1 Å². The molecule has 0 aliphatic carbocycles. The van der Waals surface area contributed by atoms with E-state index in [1.165, 1.54) is 0 Å². The molecule has 0 spiro atoms. The Morgan fingerprint density at radius 3 is 2.42 bits per heavy atom. The quantitative estimate of drug-likeness (QED) is 0.600. The topological polar surface area (TPSA) is 99.4 Å². The van der Waals surface area contributed by atoms with Crippen molar-refractivity contribution < 1.29 is 29.9 Å². The van der Waals surface area contributed by atoms with Gasteiger partial charge in [-0.1, -0.05) is 23.7 Å². The lowest BCUT2D eigenvalue weighted by atomic mass is 9.99. The molecule has 0 unspecified atom stereocenters. The van der Waals surface area contributed by atoms with Crippen molar-refractivity contribution in [3.05, 3.63) is 29.3 Å². The Kier molecular flexibility index (Phi) is 4.62. The molecule has 1 saturated heterocycles. The number of ether oxygens (including phenoxy) is 2. The minimum atomic E-state index is -1.47. The minimum Gasteiger partial charge on any atom is -0.460 e. The third kappa shape index (κ3) is 3.00. The number of hydrogen-bond donors (Lipinski definition) is 4. The predicted octanol–water partition coefficient (Wildman–Crippen LogP) is -0.481. The molecule has 1 aromatic rings. The fourth-order valence-corrected chi connectivity index (χ4v) is 2.01. The van der Waals surface area contributed by atoms with Crippen LogP contribution >= 0.6 is 11.6 Å². The summed E-state index contributed by atoms with van der Waals surface area (Å²) in [6, 6.07) is 6.57. The van der Waals surface area contributed by atoms with Crippen molar-refractivity contribution in [3.63, 3.8) is 0 Å². The number of aliphatic hydroxyl groups is 4. The number of rotatable bonds is 3. The molecule has 4 N–H and O–H groups in total. The van der Waals surface area contributed by atoms with Crippen molar-refractivity contribution in [1.29, 1.82) is 0 Å². The molecule has 106 valence electrons. The fourth-order valence-electron chi connectivity index (χ4n) is 1.83. The monoisotopic (exact) mass is 290 g/mol. The molecule has 19 heavy (non-hydrogen) atoms. The van der Waals surface area contributed by atoms with Gasteiger partial charge in [0, 0.05) is 0 Å². The highest BCUT2D eigenvalue weighted by Crippen LogP contribution is 2.28. The molecule has 1 aliphatic heterocycles. The molecular formula is C12H15ClO6. The zero-order valence-corrected chi connectivity index (χ0v) is 10.6. The van der Waals surface area contributed by atoms with E-state index in [0.29, 0.717) is 5.02 Å². The average Bonchev–Trinajstić information content (AvgIpc) is 2.41. The molecule has 1 heterocycles. The maximum absolute atomic E-state index is 9.79. The normalized spacial score (nSPS) is 35.1. The van der Waals surface area contributed by atoms with Crippen LogP contribution in [0.25, 0.3) is 0 Å². The lowest BCUT2D eigenvalue weighted by Gasteiger charge is -2.39. The molecule has 0 radical (unpaired) electrons. The first kappa shape index (κ1) is 14.5. The van der Waals surface area contributed by atoms with Gasteiger partial charge in [-0.2, -0.15) is 0 Å². The summed E-state index contributed by atoms with van der Waals surface area (Å²) < 4.78 is 10.6. The Balaban J connectivity index is 2.13. The summed E-state index contributed by atoms with van der Waals surface area (Å²) in [5.41, 5.74) is 0. The zero-order valence-electron chi connectivity index (χ0n) is 9.89. The standard InChI is InChI=1S/C12H15ClO6/c13-6-3-1-2-4-7(6)18-12-11(17)10(16)9(15)8(5-14)19-12/h1-4,8-12,14-17H,5H2/t8-,9+,10-,11+,12+/m0/s1. The van der Waals surface area contributed by atoms with E-state index in [-0.39, 0.29) is 5.75 Å². The van der Waals surface area contributed by atoms with Crippen molar-refractivity contribution in [1.82, 2.24) is 0 Å². The molecule has 0 bridgehead atoms. The van der Waals surface area contributed by atoms with E-state index >= 15 is 0 Å². The second-order valence-corrected chi connectivity index (χ2v) is 4.65. The van der Waals surface area contributed by atoms with Gasteiger partial charge in [-0.15, -0.1) is 0 Å². The SMILES string of the molecule is OC[C@@H]1O[C@@H](Oc2ccccc2Cl)[C@H](O)[C@@H](O)[C@@H]1O. The molecule has 7 heteroatoms. The molecule has 6 nitrogen and oxygen atoms in total. The Bertz CT molecular complexity index is 426. The van der Waals surface area contributed by atoms with Crippen LogP contribution in [0, 0.1) is 0 Å². The molecule has 0 saturated carbocycles. The molecule has 0 aromatic heterocycles. The summed E-state index contributed by atoms with van der Waals surface area (Å²) in [6.45, 7) is -0.507. The molecule has 1 aliphatic rings. The predicted molar refractivity (Wildman–Crippen MR) is 65.8 cm³/mol. The molecule has 1 aromatic carbocycles. The summed E-state index contributed by atoms with van der Waals surface area (Å²) in [5, 5.41) is 38.4. The summed E-state index contributed by atoms with van der Waals surface area (Å²) in [7, 11) is 0. The van der Waals surface area contributed by atoms with Gasteiger partial charge in [-0.25, -0.2) is 0 Å². The minimum absolute atomic E-state index is 0.272. The van der Waals surface area contributed by atoms with Crippen LogP contribution in [0.2, 0.25) is 5.02 Å². The summed E-state index contributed by atoms with van der Waals surface area (Å²) >= 11 is 5.90. The van der Waals surface area contributed by atoms with Crippen LogP contribution in [-0.2, 0) is 4.74 Å². The van der Waals surface area contributed by atoms with Crippen LogP contribution in [0.3, 0.4) is 0 Å². The fraction of sp³-hybridized carbons (Fsp3) is 0.500. The van der Waals surface area contributed by atoms with Crippen molar-refractivity contribution in [2.24, 2.45) is 0 Å². The van der Waals surface area contributed by atoms with Gasteiger partial charge in [0.05, 0.1) is 11.6 Å². The van der Waals surface area contributed by atoms with E-state index in [2.05, 4.69) is 0 Å². The van der Waals surface area contributed by atoms with Crippen molar-refractivity contribution >= 4 is 11.6 Å². The van der Waals surface area contributed by atoms with Crippen molar-refractivity contribution in [2.75, 3.05) is 6.61 Å². The average molecular weight is 291 g/mol. The molecule has 5 atom stereocenters. The number of para-hydroxylation sites is 1. The highest BCUT2D eigenvalue weighted by Gasteiger charge is 2.44. The van der Waals surface area contributed by atoms with Gasteiger partial charge in [0.2, 0.25) is 6.29 Å². The van der Waals surface area contributed by atoms with E-state index < -0.39 is 37.3 Å². The Morgan fingerprint density at radius 2 is 1.79 bits per heavy atom. The van der Waals surface area contributed by atoms with Crippen LogP contribution < -0.4 is 4.74 Å². The second kappa shape index (κ2) is 6.04. The zero-order chi connectivity index (χ0) is 14.0. The van der Waals surface area contributed by atoms with Crippen LogP contribution in [0.4, 0.5) is 0 Å². The second-order valence-electron chi connectivity index (χ2n) is 4.25. The van der Waals surface area contributed by atoms with Crippen LogP contribution in [0.5, 0.6) is 5.75 Å². The van der Waals surface area contributed by atoms with Gasteiger partial charge < -0.3 is 29.9 Å². The number of halogens is 1. The maximum atomic E-state index is 9.79. The molecule has 2 rings (SSSR count). The van der Waals surface area contributed by atoms with Crippen LogP contribution in [0.1, 0.15) is 0 Å². The summed E-state index contributed by atoms with van der Waals surface area (Å²) in [4.78, 5) is 0. The smallest absolute Gasteiger partial charge is 0.229 e. The van der Waals surface area contributed by atoms with Crippen LogP contribution in [-0.4, -0.2) is 57.7 Å². The van der Waals surface area contributed by atoms with Gasteiger partial charge in [0.25, 0.3) is 0 Å². The molecular weight excluding hydrogens is 276 g/mol. The first-order valence-corrected chi connectivity index (χ1v) is 6.14. The van der Waals surface area contributed by atoms with Gasteiger partial charge in [-0.3, -0.25) is 0 Å². The largest absolute Gasteiger partial charge is 0.460 e. The third-order valence-corrected chi connectivity index (χ3v) is 3.24. The molecule has 0 amide bonds. The number of hydrogen-bond acceptors (Lipinski definition) is 6. The highest BCUT2D eigenvalue weighted by molar-refractivity contribution is 6.32. The summed E-state index contributed by atoms with van der Waals surface area (Å²) in [6.07, 6.45) is -6.57. The Morgan fingerprint density at radius 1 is 1.11 bits per heavy atom. The number of benzene rings is 1. The van der Waals surface area contributed by atoms with Gasteiger partial charge >= 0.3 is 0 Å².